The van der Waals surface area contributed by atoms with Gasteiger partial charge in [-0.15, -0.1) is 5.06 Å². The number of β-amino-alcohol motifs (C(OH)–C–C–N with tert-alkyl or cyclic N) is 1. The number of carbonyl (C=O) groups is 1. The third-order valence-corrected chi connectivity index (χ3v) is 3.05. The molecule has 6 heteroatoms. The van der Waals surface area contributed by atoms with E-state index < -0.39 is 12.3 Å². The molecule has 0 spiro atoms. The van der Waals surface area contributed by atoms with E-state index in [2.05, 4.69) is 4.84 Å². The van der Waals surface area contributed by atoms with Crippen LogP contribution in [-0.4, -0.2) is 40.6 Å². The first kappa shape index (κ1) is 12.8. The van der Waals surface area contributed by atoms with Crippen molar-refractivity contribution in [3.63, 3.8) is 0 Å². The molecule has 5 nitrogen and oxygen atoms in total. The lowest BCUT2D eigenvalue weighted by Gasteiger charge is -2.34. The first-order valence-corrected chi connectivity index (χ1v) is 5.65. The minimum Gasteiger partial charge on any atom is -0.448 e. The van der Waals surface area contributed by atoms with Gasteiger partial charge in [0.2, 0.25) is 0 Å². The molecule has 0 saturated carbocycles. The Labute approximate surface area is 103 Å². The Kier molecular flexibility index (Phi) is 3.78. The molecule has 1 aromatic carbocycles. The highest BCUT2D eigenvalue weighted by molar-refractivity contribution is 5.56. The first-order chi connectivity index (χ1) is 8.56. The molecule has 1 aliphatic rings. The summed E-state index contributed by atoms with van der Waals surface area (Å²) in [6, 6.07) is 5.97. The quantitative estimate of drug-likeness (QED) is 0.839. The minimum atomic E-state index is -1.39. The molecule has 0 radical (unpaired) electrons. The number of rotatable bonds is 2. The van der Waals surface area contributed by atoms with E-state index in [0.29, 0.717) is 13.0 Å². The summed E-state index contributed by atoms with van der Waals surface area (Å²) in [6.45, 7) is 0.528. The van der Waals surface area contributed by atoms with Crippen LogP contribution in [0.4, 0.5) is 9.18 Å². The molecule has 0 aliphatic carbocycles. The average Bonchev–Trinajstić information content (AvgIpc) is 2.30. The summed E-state index contributed by atoms with van der Waals surface area (Å²) in [6.07, 6.45) is -1.56. The molecule has 2 unspecified atom stereocenters. The van der Waals surface area contributed by atoms with Crippen molar-refractivity contribution >= 4 is 6.16 Å². The van der Waals surface area contributed by atoms with Crippen LogP contribution in [0, 0.1) is 5.82 Å². The average molecular weight is 255 g/mol. The van der Waals surface area contributed by atoms with E-state index in [1.165, 1.54) is 17.2 Å². The molecule has 0 bridgehead atoms. The largest absolute Gasteiger partial charge is 0.525 e. The van der Waals surface area contributed by atoms with E-state index in [0.717, 1.165) is 5.56 Å². The number of hydrogen-bond acceptors (Lipinski definition) is 4. The number of carboxylic acid groups (broad SMARTS) is 1. The molecule has 18 heavy (non-hydrogen) atoms. The molecule has 1 heterocycles. The molecular formula is C12H14FNO4. The summed E-state index contributed by atoms with van der Waals surface area (Å²) in [5, 5.41) is 19.7. The summed E-state index contributed by atoms with van der Waals surface area (Å²) >= 11 is 0. The fraction of sp³-hybridized carbons (Fsp3) is 0.417. The van der Waals surface area contributed by atoms with Crippen molar-refractivity contribution in [1.82, 2.24) is 5.06 Å². The van der Waals surface area contributed by atoms with Gasteiger partial charge < -0.3 is 15.1 Å². The molecule has 1 saturated heterocycles. The minimum absolute atomic E-state index is 0.119. The van der Waals surface area contributed by atoms with Crippen LogP contribution in [0.3, 0.4) is 0 Å². The first-order valence-electron chi connectivity index (χ1n) is 5.65. The van der Waals surface area contributed by atoms with Crippen LogP contribution in [0.15, 0.2) is 24.3 Å². The number of halogens is 1. The summed E-state index contributed by atoms with van der Waals surface area (Å²) in [5.74, 6) is -0.445. The standard InChI is InChI=1S/C12H14FNO4/c13-9-3-1-8(2-4-9)10-5-6-14(7-11(10)15)18-12(16)17/h1-4,10-11,15H,5-7H2,(H,16,17). The Morgan fingerprint density at radius 1 is 1.39 bits per heavy atom. The van der Waals surface area contributed by atoms with Crippen molar-refractivity contribution in [2.45, 2.75) is 18.4 Å². The summed E-state index contributed by atoms with van der Waals surface area (Å²) in [5.41, 5.74) is 0.846. The van der Waals surface area contributed by atoms with Gasteiger partial charge in [-0.05, 0) is 24.1 Å². The molecule has 1 fully saturated rings. The summed E-state index contributed by atoms with van der Waals surface area (Å²) < 4.78 is 12.8. The molecule has 2 atom stereocenters. The van der Waals surface area contributed by atoms with Crippen LogP contribution in [0.2, 0.25) is 0 Å². The molecule has 0 aromatic heterocycles. The number of aliphatic hydroxyl groups is 1. The molecule has 98 valence electrons. The Morgan fingerprint density at radius 2 is 2.06 bits per heavy atom. The van der Waals surface area contributed by atoms with Crippen molar-refractivity contribution in [1.29, 1.82) is 0 Å². The Balaban J connectivity index is 2.01. The number of aliphatic hydroxyl groups excluding tert-OH is 1. The van der Waals surface area contributed by atoms with E-state index in [9.17, 15) is 14.3 Å². The number of hydrogen-bond donors (Lipinski definition) is 2. The van der Waals surface area contributed by atoms with Crippen molar-refractivity contribution in [2.24, 2.45) is 0 Å². The van der Waals surface area contributed by atoms with Crippen LogP contribution in [0.25, 0.3) is 0 Å². The molecule has 0 amide bonds. The summed E-state index contributed by atoms with van der Waals surface area (Å²) in [4.78, 5) is 14.9. The molecule has 1 aromatic rings. The van der Waals surface area contributed by atoms with Gasteiger partial charge in [-0.25, -0.2) is 9.18 Å². The maximum Gasteiger partial charge on any atom is 0.525 e. The smallest absolute Gasteiger partial charge is 0.448 e. The van der Waals surface area contributed by atoms with Crippen molar-refractivity contribution in [2.75, 3.05) is 13.1 Å². The van der Waals surface area contributed by atoms with Gasteiger partial charge in [0.25, 0.3) is 0 Å². The van der Waals surface area contributed by atoms with Gasteiger partial charge in [-0.3, -0.25) is 0 Å². The predicted molar refractivity (Wildman–Crippen MR) is 60.4 cm³/mol. The fourth-order valence-corrected chi connectivity index (χ4v) is 2.19. The number of piperidine rings is 1. The highest BCUT2D eigenvalue weighted by atomic mass is 19.1. The molecule has 2 N–H and O–H groups in total. The molecule has 1 aliphatic heterocycles. The van der Waals surface area contributed by atoms with E-state index in [1.54, 1.807) is 12.1 Å². The van der Waals surface area contributed by atoms with E-state index >= 15 is 0 Å². The van der Waals surface area contributed by atoms with Crippen LogP contribution < -0.4 is 0 Å². The lowest BCUT2D eigenvalue weighted by atomic mass is 9.88. The van der Waals surface area contributed by atoms with Crippen molar-refractivity contribution in [3.8, 4) is 0 Å². The topological polar surface area (TPSA) is 70.0 Å². The van der Waals surface area contributed by atoms with Crippen LogP contribution in [-0.2, 0) is 4.84 Å². The normalized spacial score (nSPS) is 24.8. The number of nitrogens with zero attached hydrogens (tertiary/aromatic N) is 1. The third-order valence-electron chi connectivity index (χ3n) is 3.05. The van der Waals surface area contributed by atoms with E-state index in [-0.39, 0.29) is 18.3 Å². The molecule has 2 rings (SSSR count). The van der Waals surface area contributed by atoms with Gasteiger partial charge >= 0.3 is 6.16 Å². The van der Waals surface area contributed by atoms with Gasteiger partial charge in [-0.2, -0.15) is 0 Å². The second kappa shape index (κ2) is 5.32. The maximum absolute atomic E-state index is 12.8. The lowest BCUT2D eigenvalue weighted by molar-refractivity contribution is -0.154. The zero-order chi connectivity index (χ0) is 13.1. The maximum atomic E-state index is 12.8. The second-order valence-electron chi connectivity index (χ2n) is 4.26. The monoisotopic (exact) mass is 255 g/mol. The van der Waals surface area contributed by atoms with Crippen molar-refractivity contribution < 1.29 is 24.2 Å². The Hall–Kier alpha value is -1.66. The highest BCUT2D eigenvalue weighted by Gasteiger charge is 2.30. The third kappa shape index (κ3) is 2.96. The Bertz CT molecular complexity index is 423. The van der Waals surface area contributed by atoms with Crippen molar-refractivity contribution in [3.05, 3.63) is 35.6 Å². The highest BCUT2D eigenvalue weighted by Crippen LogP contribution is 2.28. The summed E-state index contributed by atoms with van der Waals surface area (Å²) in [7, 11) is 0. The van der Waals surface area contributed by atoms with Crippen LogP contribution in [0.5, 0.6) is 0 Å². The SMILES string of the molecule is O=C(O)ON1CCC(c2ccc(F)cc2)C(O)C1. The van der Waals surface area contributed by atoms with Crippen LogP contribution >= 0.6 is 0 Å². The number of hydroxylamine groups is 2. The van der Waals surface area contributed by atoms with E-state index in [4.69, 9.17) is 5.11 Å². The zero-order valence-corrected chi connectivity index (χ0v) is 9.62. The van der Waals surface area contributed by atoms with Gasteiger partial charge in [0.1, 0.15) is 5.82 Å². The van der Waals surface area contributed by atoms with Gasteiger partial charge in [-0.1, -0.05) is 12.1 Å². The van der Waals surface area contributed by atoms with Gasteiger partial charge in [0.15, 0.2) is 0 Å². The van der Waals surface area contributed by atoms with E-state index in [1.807, 2.05) is 0 Å². The predicted octanol–water partition coefficient (Wildman–Crippen LogP) is 1.59. The zero-order valence-electron chi connectivity index (χ0n) is 9.62. The second-order valence-corrected chi connectivity index (χ2v) is 4.26. The number of benzene rings is 1. The van der Waals surface area contributed by atoms with Gasteiger partial charge in [0.05, 0.1) is 12.6 Å². The molecular weight excluding hydrogens is 241 g/mol. The van der Waals surface area contributed by atoms with Crippen LogP contribution in [0.1, 0.15) is 17.9 Å². The fourth-order valence-electron chi connectivity index (χ4n) is 2.19. The van der Waals surface area contributed by atoms with Gasteiger partial charge in [0, 0.05) is 12.5 Å². The Morgan fingerprint density at radius 3 is 2.61 bits per heavy atom. The lowest BCUT2D eigenvalue weighted by Crippen LogP contribution is -2.43.